The zero-order valence-corrected chi connectivity index (χ0v) is 65.7. The van der Waals surface area contributed by atoms with Gasteiger partial charge in [-0.15, -0.1) is 0 Å². The van der Waals surface area contributed by atoms with Crippen LogP contribution in [0.1, 0.15) is 272 Å². The topological polar surface area (TPSA) is 519 Å². The van der Waals surface area contributed by atoms with Crippen LogP contribution in [0, 0.1) is 0 Å². The number of nitrogens with one attached hydrogen (secondary N) is 3. The highest BCUT2D eigenvalue weighted by atomic mass is 16.8. The van der Waals surface area contributed by atoms with Gasteiger partial charge in [-0.3, -0.25) is 14.4 Å². The molecule has 24 atom stereocenters. The van der Waals surface area contributed by atoms with Gasteiger partial charge in [-0.25, -0.2) is 9.59 Å². The molecule has 32 nitrogen and oxygen atoms in total. The number of aliphatic hydroxyl groups excluding tert-OH is 14. The van der Waals surface area contributed by atoms with Crippen LogP contribution in [0.4, 0.5) is 0 Å². The third kappa shape index (κ3) is 33.1. The first-order chi connectivity index (χ1) is 52.7. The van der Waals surface area contributed by atoms with Gasteiger partial charge in [-0.05, 0) is 19.3 Å². The maximum atomic E-state index is 13.6. The van der Waals surface area contributed by atoms with Crippen molar-refractivity contribution in [3.63, 3.8) is 0 Å². The van der Waals surface area contributed by atoms with E-state index in [4.69, 9.17) is 37.9 Å². The van der Waals surface area contributed by atoms with Crippen LogP contribution < -0.4 is 16.0 Å². The van der Waals surface area contributed by atoms with Crippen LogP contribution in [0.2, 0.25) is 0 Å². The van der Waals surface area contributed by atoms with Crippen molar-refractivity contribution < 1.29 is 144 Å². The van der Waals surface area contributed by atoms with Crippen LogP contribution in [0.3, 0.4) is 0 Å². The van der Waals surface area contributed by atoms with Gasteiger partial charge >= 0.3 is 11.9 Å². The Morgan fingerprint density at radius 1 is 0.491 bits per heavy atom. The predicted molar refractivity (Wildman–Crippen MR) is 400 cm³/mol. The fourth-order valence-electron chi connectivity index (χ4n) is 14.9. The first-order valence-corrected chi connectivity index (χ1v) is 41.2. The molecule has 0 saturated carbocycles. The highest BCUT2D eigenvalue weighted by molar-refractivity contribution is 5.78. The van der Waals surface area contributed by atoms with E-state index < -0.39 is 216 Å². The molecule has 24 unspecified atom stereocenters. The fourth-order valence-corrected chi connectivity index (χ4v) is 14.9. The molecule has 4 rings (SSSR count). The van der Waals surface area contributed by atoms with E-state index in [1.165, 1.54) is 161 Å². The van der Waals surface area contributed by atoms with Crippen molar-refractivity contribution >= 4 is 29.7 Å². The number of amides is 3. The molecule has 4 aliphatic heterocycles. The second-order valence-corrected chi connectivity index (χ2v) is 30.7. The second-order valence-electron chi connectivity index (χ2n) is 30.7. The molecule has 4 aliphatic rings. The van der Waals surface area contributed by atoms with Gasteiger partial charge in [0.2, 0.25) is 17.7 Å². The van der Waals surface area contributed by atoms with E-state index in [2.05, 4.69) is 29.8 Å². The van der Waals surface area contributed by atoms with Gasteiger partial charge < -0.3 is 136 Å². The first-order valence-electron chi connectivity index (χ1n) is 41.2. The minimum atomic E-state index is -3.39. The number of rotatable bonds is 60. The van der Waals surface area contributed by atoms with Gasteiger partial charge in [0.1, 0.15) is 85.5 Å². The van der Waals surface area contributed by atoms with E-state index in [1.54, 1.807) is 6.08 Å². The molecule has 0 bridgehead atoms. The van der Waals surface area contributed by atoms with Crippen LogP contribution in [-0.4, -0.2) is 290 Å². The number of allylic oxidation sites excluding steroid dienone is 1. The predicted octanol–water partition coefficient (Wildman–Crippen LogP) is 3.46. The lowest BCUT2D eigenvalue weighted by atomic mass is 9.87. The Labute approximate surface area is 649 Å². The summed E-state index contributed by atoms with van der Waals surface area (Å²) in [5.74, 6) is -13.1. The molecule has 0 radical (unpaired) electrons. The Kier molecular flexibility index (Phi) is 48.6. The largest absolute Gasteiger partial charge is 0.477 e. The number of hydrogen-bond donors (Lipinski definition) is 19. The maximum Gasteiger partial charge on any atom is 0.364 e. The van der Waals surface area contributed by atoms with Crippen molar-refractivity contribution in [3.8, 4) is 0 Å². The van der Waals surface area contributed by atoms with Crippen LogP contribution in [0.5, 0.6) is 0 Å². The monoisotopic (exact) mass is 1580 g/mol. The Hall–Kier alpha value is -3.79. The molecule has 0 aromatic heterocycles. The number of unbranched alkanes of at least 4 members (excludes halogenated alkanes) is 33. The number of carbonyl (C=O) groups excluding carboxylic acids is 3. The molecular formula is C78H141N3O29. The van der Waals surface area contributed by atoms with Crippen molar-refractivity contribution in [3.05, 3.63) is 12.2 Å². The minimum Gasteiger partial charge on any atom is -0.477 e. The van der Waals surface area contributed by atoms with Gasteiger partial charge in [0.05, 0.1) is 69.5 Å². The molecule has 0 aromatic carbocycles. The van der Waals surface area contributed by atoms with Crippen molar-refractivity contribution in [2.75, 3.05) is 33.0 Å². The second kappa shape index (κ2) is 54.2. The Morgan fingerprint density at radius 2 is 0.909 bits per heavy atom. The summed E-state index contributed by atoms with van der Waals surface area (Å²) in [6, 6.07) is -4.73. The van der Waals surface area contributed by atoms with Crippen LogP contribution in [-0.2, 0) is 61.9 Å². The Bertz CT molecular complexity index is 2550. The SMILES string of the molecule is CCCCCCCCCCCCCC=CC(O)C(COC1OC(CO)C(OC2OC(CO)C(O)C(OC3(C(=O)O)CC(O)C(NC(C)=O)C(C(O)C(CO)OC4(C(=O)O)CC(O)C(NC(C)=O)C(C(O)C(O)CO)O4)O3)C2O)C(O)C1O)NC(=O)CCCCCCCCCCCCCCCCCCCCCCCCC. The number of aliphatic carboxylic acids is 2. The van der Waals surface area contributed by atoms with Gasteiger partial charge in [0.15, 0.2) is 12.6 Å². The number of aliphatic hydroxyl groups is 14. The molecule has 19 N–H and O–H groups in total. The van der Waals surface area contributed by atoms with Gasteiger partial charge in [-0.1, -0.05) is 231 Å². The third-order valence-corrected chi connectivity index (χ3v) is 21.5. The van der Waals surface area contributed by atoms with Crippen molar-refractivity contribution in [2.24, 2.45) is 0 Å². The van der Waals surface area contributed by atoms with Crippen molar-refractivity contribution in [2.45, 2.75) is 418 Å². The summed E-state index contributed by atoms with van der Waals surface area (Å²) in [5, 5.41) is 185. The highest BCUT2D eigenvalue weighted by Gasteiger charge is 2.62. The number of ether oxygens (including phenoxy) is 8. The average molecular weight is 1580 g/mol. The molecule has 4 heterocycles. The summed E-state index contributed by atoms with van der Waals surface area (Å²) in [7, 11) is 0. The van der Waals surface area contributed by atoms with Gasteiger partial charge in [-0.2, -0.15) is 0 Å². The normalized spacial score (nSPS) is 30.3. The van der Waals surface area contributed by atoms with Crippen molar-refractivity contribution in [1.29, 1.82) is 0 Å². The summed E-state index contributed by atoms with van der Waals surface area (Å²) >= 11 is 0. The standard InChI is InChI=1S/C78H141N3O29/c1-5-7-9-11-13-15-17-19-20-21-22-23-24-25-26-27-28-30-32-34-36-38-40-42-60(92)81-52(53(88)41-39-37-35-33-31-29-18-16-14-12-10-8-6-2)49-103-73-67(97)66(96)69(59(48-85)105-73)106-74-68(98)72(64(94)57(46-83)104-74)110-78(76(101)102)44-55(90)62(80-51(4)87)71(109-78)65(95)58(47-84)107-77(75(99)100)43-54(89)61(79-50(3)86)70(108-77)63(93)56(91)45-82/h39,41,52-59,61-74,82-85,88-91,93-98H,5-38,40,42-49H2,1-4H3,(H,79,86)(H,80,87)(H,81,92)(H,99,100)(H,101,102). The lowest BCUT2D eigenvalue weighted by Gasteiger charge is -2.51. The van der Waals surface area contributed by atoms with Crippen LogP contribution >= 0.6 is 0 Å². The molecule has 0 spiro atoms. The molecule has 0 aliphatic carbocycles. The number of carboxylic acid groups (broad SMARTS) is 2. The average Bonchev–Trinajstić information content (AvgIpc) is 0.747. The van der Waals surface area contributed by atoms with E-state index in [0.717, 1.165) is 65.2 Å². The molecular weight excluding hydrogens is 1440 g/mol. The smallest absolute Gasteiger partial charge is 0.364 e. The summed E-state index contributed by atoms with van der Waals surface area (Å²) in [6.07, 6.45) is 2.81. The summed E-state index contributed by atoms with van der Waals surface area (Å²) in [4.78, 5) is 65.1. The van der Waals surface area contributed by atoms with Gasteiger partial charge in [0, 0.05) is 33.1 Å². The maximum absolute atomic E-state index is 13.6. The zero-order valence-electron chi connectivity index (χ0n) is 65.7. The van der Waals surface area contributed by atoms with Crippen LogP contribution in [0.25, 0.3) is 0 Å². The van der Waals surface area contributed by atoms with E-state index in [9.17, 15) is 106 Å². The summed E-state index contributed by atoms with van der Waals surface area (Å²) < 4.78 is 46.6. The molecule has 4 fully saturated rings. The summed E-state index contributed by atoms with van der Waals surface area (Å²) in [5.41, 5.74) is 0. The summed E-state index contributed by atoms with van der Waals surface area (Å²) in [6.45, 7) is 1.15. The Morgan fingerprint density at radius 3 is 1.34 bits per heavy atom. The fraction of sp³-hybridized carbons (Fsp3) is 0.910. The number of hydrogen-bond acceptors (Lipinski definition) is 27. The van der Waals surface area contributed by atoms with Gasteiger partial charge in [0.25, 0.3) is 11.6 Å². The van der Waals surface area contributed by atoms with Crippen molar-refractivity contribution in [1.82, 2.24) is 16.0 Å². The Balaban J connectivity index is 1.42. The number of carbonyl (C=O) groups is 5. The van der Waals surface area contributed by atoms with E-state index in [-0.39, 0.29) is 12.3 Å². The molecule has 3 amide bonds. The number of carboxylic acids is 2. The van der Waals surface area contributed by atoms with E-state index in [0.29, 0.717) is 12.8 Å². The minimum absolute atomic E-state index is 0.156. The molecule has 642 valence electrons. The highest BCUT2D eigenvalue weighted by Crippen LogP contribution is 2.41. The first kappa shape index (κ1) is 98.6. The zero-order chi connectivity index (χ0) is 81.2. The molecule has 0 aromatic rings. The molecule has 4 saturated heterocycles. The lowest BCUT2D eigenvalue weighted by molar-refractivity contribution is -0.388. The quantitative estimate of drug-likeness (QED) is 0.0306. The molecule has 110 heavy (non-hydrogen) atoms. The van der Waals surface area contributed by atoms with Crippen LogP contribution in [0.15, 0.2) is 12.2 Å². The van der Waals surface area contributed by atoms with E-state index in [1.807, 2.05) is 6.08 Å². The molecule has 32 heteroatoms. The third-order valence-electron chi connectivity index (χ3n) is 21.5. The van der Waals surface area contributed by atoms with E-state index >= 15 is 0 Å². The lowest BCUT2D eigenvalue weighted by Crippen LogP contribution is -2.72.